The molecule has 0 bridgehead atoms. The number of carbonyl (C=O) groups is 2. The average Bonchev–Trinajstić information content (AvgIpc) is 3.46. The van der Waals surface area contributed by atoms with Gasteiger partial charge >= 0.3 is 0 Å². The number of rotatable bonds is 11. The summed E-state index contributed by atoms with van der Waals surface area (Å²) < 4.78 is 29.3. The molecule has 1 aliphatic carbocycles. The van der Waals surface area contributed by atoms with Gasteiger partial charge in [0.15, 0.2) is 0 Å². The molecule has 41 heavy (non-hydrogen) atoms. The van der Waals surface area contributed by atoms with Gasteiger partial charge in [-0.05, 0) is 74.9 Å². The van der Waals surface area contributed by atoms with Crippen LogP contribution in [0.3, 0.4) is 0 Å². The largest absolute Gasteiger partial charge is 0.352 e. The second-order valence-corrected chi connectivity index (χ2v) is 12.9. The maximum absolute atomic E-state index is 14.3. The lowest BCUT2D eigenvalue weighted by Gasteiger charge is -2.34. The van der Waals surface area contributed by atoms with E-state index in [1.165, 1.54) is 16.4 Å². The fourth-order valence-corrected chi connectivity index (χ4v) is 7.01. The third kappa shape index (κ3) is 7.36. The quantitative estimate of drug-likeness (QED) is 0.319. The first-order valence-corrected chi connectivity index (χ1v) is 15.8. The molecule has 218 valence electrons. The van der Waals surface area contributed by atoms with Gasteiger partial charge in [-0.25, -0.2) is 8.42 Å². The number of benzene rings is 3. The van der Waals surface area contributed by atoms with Gasteiger partial charge in [0.2, 0.25) is 11.8 Å². The van der Waals surface area contributed by atoms with E-state index in [1.54, 1.807) is 29.2 Å². The number of hydrogen-bond donors (Lipinski definition) is 1. The SMILES string of the molecule is CC[C@@H](C(=O)NC1CCCC1)N(Cc1cccc(C)c1)C(=O)CN(c1cc(C)ccc1C)S(=O)(=O)c1ccccc1. The molecular formula is C33H41N3O4S. The van der Waals surface area contributed by atoms with Gasteiger partial charge in [-0.15, -0.1) is 0 Å². The Hall–Kier alpha value is -3.65. The molecule has 0 aromatic heterocycles. The molecule has 7 nitrogen and oxygen atoms in total. The van der Waals surface area contributed by atoms with Crippen molar-refractivity contribution in [3.8, 4) is 0 Å². The highest BCUT2D eigenvalue weighted by atomic mass is 32.2. The van der Waals surface area contributed by atoms with E-state index in [0.717, 1.165) is 47.9 Å². The highest BCUT2D eigenvalue weighted by molar-refractivity contribution is 7.92. The van der Waals surface area contributed by atoms with Crippen LogP contribution in [0.1, 0.15) is 61.3 Å². The zero-order valence-electron chi connectivity index (χ0n) is 24.5. The maximum Gasteiger partial charge on any atom is 0.264 e. The summed E-state index contributed by atoms with van der Waals surface area (Å²) in [6.07, 6.45) is 4.43. The molecule has 1 saturated carbocycles. The van der Waals surface area contributed by atoms with Crippen LogP contribution in [0.5, 0.6) is 0 Å². The molecule has 1 aliphatic rings. The lowest BCUT2D eigenvalue weighted by Crippen LogP contribution is -2.53. The zero-order chi connectivity index (χ0) is 29.6. The minimum Gasteiger partial charge on any atom is -0.352 e. The second-order valence-electron chi connectivity index (χ2n) is 11.0. The number of nitrogens with one attached hydrogen (secondary N) is 1. The summed E-state index contributed by atoms with van der Waals surface area (Å²) in [7, 11) is -4.09. The van der Waals surface area contributed by atoms with E-state index in [9.17, 15) is 18.0 Å². The van der Waals surface area contributed by atoms with E-state index in [4.69, 9.17) is 0 Å². The fourth-order valence-electron chi connectivity index (χ4n) is 5.52. The van der Waals surface area contributed by atoms with Gasteiger partial charge < -0.3 is 10.2 Å². The standard InChI is InChI=1S/C33H41N3O4S/c1-5-30(33(38)34-28-14-9-10-15-28)35(22-27-13-11-12-24(2)20-27)32(37)23-36(31-21-25(3)18-19-26(31)4)41(39,40)29-16-7-6-8-17-29/h6-8,11-13,16-21,28,30H,5,9-10,14-15,22-23H2,1-4H3,(H,34,38)/t30-/m0/s1. The fraction of sp³-hybridized carbons (Fsp3) is 0.394. The molecule has 0 heterocycles. The van der Waals surface area contributed by atoms with Crippen molar-refractivity contribution in [2.75, 3.05) is 10.8 Å². The van der Waals surface area contributed by atoms with Crippen LogP contribution in [-0.2, 0) is 26.2 Å². The van der Waals surface area contributed by atoms with Crippen LogP contribution in [0.25, 0.3) is 0 Å². The first kappa shape index (κ1) is 30.3. The van der Waals surface area contributed by atoms with Gasteiger partial charge in [0.05, 0.1) is 10.6 Å². The first-order chi connectivity index (χ1) is 19.6. The van der Waals surface area contributed by atoms with Gasteiger partial charge in [0.25, 0.3) is 10.0 Å². The Balaban J connectivity index is 1.74. The molecule has 1 N–H and O–H groups in total. The Morgan fingerprint density at radius 1 is 0.902 bits per heavy atom. The van der Waals surface area contributed by atoms with E-state index in [2.05, 4.69) is 5.32 Å². The number of aryl methyl sites for hydroxylation is 3. The van der Waals surface area contributed by atoms with E-state index < -0.39 is 28.5 Å². The van der Waals surface area contributed by atoms with Gasteiger partial charge in [0, 0.05) is 12.6 Å². The summed E-state index contributed by atoms with van der Waals surface area (Å²) in [4.78, 5) is 29.5. The summed E-state index contributed by atoms with van der Waals surface area (Å²) in [6, 6.07) is 20.9. The molecule has 0 radical (unpaired) electrons. The molecule has 8 heteroatoms. The summed E-state index contributed by atoms with van der Waals surface area (Å²) >= 11 is 0. The van der Waals surface area contributed by atoms with Gasteiger partial charge in [-0.3, -0.25) is 13.9 Å². The molecule has 0 saturated heterocycles. The molecule has 0 unspecified atom stereocenters. The molecule has 4 rings (SSSR count). The van der Waals surface area contributed by atoms with Crippen LogP contribution >= 0.6 is 0 Å². The van der Waals surface area contributed by atoms with Gasteiger partial charge in [-0.2, -0.15) is 0 Å². The Morgan fingerprint density at radius 3 is 2.24 bits per heavy atom. The highest BCUT2D eigenvalue weighted by Gasteiger charge is 2.35. The van der Waals surface area contributed by atoms with Crippen LogP contribution in [0.4, 0.5) is 5.69 Å². The van der Waals surface area contributed by atoms with E-state index in [1.807, 2.05) is 64.1 Å². The molecule has 0 spiro atoms. The predicted octanol–water partition coefficient (Wildman–Crippen LogP) is 5.67. The van der Waals surface area contributed by atoms with Crippen LogP contribution in [-0.4, -0.2) is 43.8 Å². The average molecular weight is 576 g/mol. The number of carbonyl (C=O) groups excluding carboxylic acids is 2. The highest BCUT2D eigenvalue weighted by Crippen LogP contribution is 2.29. The number of sulfonamides is 1. The van der Waals surface area contributed by atoms with Crippen molar-refractivity contribution in [1.82, 2.24) is 10.2 Å². The van der Waals surface area contributed by atoms with Crippen molar-refractivity contribution >= 4 is 27.5 Å². The van der Waals surface area contributed by atoms with Crippen LogP contribution in [0.15, 0.2) is 77.7 Å². The molecule has 2 amide bonds. The third-order valence-corrected chi connectivity index (χ3v) is 9.54. The van der Waals surface area contributed by atoms with Crippen LogP contribution in [0.2, 0.25) is 0 Å². The van der Waals surface area contributed by atoms with E-state index in [-0.39, 0.29) is 23.4 Å². The van der Waals surface area contributed by atoms with Gasteiger partial charge in [0.1, 0.15) is 12.6 Å². The first-order valence-electron chi connectivity index (χ1n) is 14.4. The molecule has 3 aromatic rings. The maximum atomic E-state index is 14.3. The van der Waals surface area contributed by atoms with Gasteiger partial charge in [-0.1, -0.05) is 79.9 Å². The van der Waals surface area contributed by atoms with Crippen LogP contribution < -0.4 is 9.62 Å². The van der Waals surface area contributed by atoms with Crippen molar-refractivity contribution < 1.29 is 18.0 Å². The van der Waals surface area contributed by atoms with Crippen molar-refractivity contribution in [3.63, 3.8) is 0 Å². The summed E-state index contributed by atoms with van der Waals surface area (Å²) in [5.41, 5.74) is 3.99. The normalized spacial score (nSPS) is 14.4. The molecule has 1 atom stereocenters. The molecule has 3 aromatic carbocycles. The summed E-state index contributed by atoms with van der Waals surface area (Å²) in [5.74, 6) is -0.620. The predicted molar refractivity (Wildman–Crippen MR) is 163 cm³/mol. The smallest absolute Gasteiger partial charge is 0.264 e. The summed E-state index contributed by atoms with van der Waals surface area (Å²) in [5, 5.41) is 3.16. The van der Waals surface area contributed by atoms with Crippen molar-refractivity contribution in [2.45, 2.75) is 83.3 Å². The molecule has 0 aliphatic heterocycles. The third-order valence-electron chi connectivity index (χ3n) is 7.77. The van der Waals surface area contributed by atoms with E-state index >= 15 is 0 Å². The Bertz CT molecular complexity index is 1470. The van der Waals surface area contributed by atoms with E-state index in [0.29, 0.717) is 12.1 Å². The minimum atomic E-state index is -4.09. The Morgan fingerprint density at radius 2 is 1.59 bits per heavy atom. The van der Waals surface area contributed by atoms with Crippen molar-refractivity contribution in [3.05, 3.63) is 95.1 Å². The monoisotopic (exact) mass is 575 g/mol. The lowest BCUT2D eigenvalue weighted by molar-refractivity contribution is -0.140. The van der Waals surface area contributed by atoms with Crippen LogP contribution in [0, 0.1) is 20.8 Å². The molecular weight excluding hydrogens is 534 g/mol. The summed E-state index contributed by atoms with van der Waals surface area (Å²) in [6.45, 7) is 7.36. The second kappa shape index (κ2) is 13.3. The lowest BCUT2D eigenvalue weighted by atomic mass is 10.1. The number of anilines is 1. The number of nitrogens with zero attached hydrogens (tertiary/aromatic N) is 2. The number of hydrogen-bond acceptors (Lipinski definition) is 4. The molecule has 1 fully saturated rings. The van der Waals surface area contributed by atoms with Crippen molar-refractivity contribution in [2.24, 2.45) is 0 Å². The Labute approximate surface area is 244 Å². The minimum absolute atomic E-state index is 0.102. The Kier molecular flexibility index (Phi) is 9.86. The van der Waals surface area contributed by atoms with Crippen molar-refractivity contribution in [1.29, 1.82) is 0 Å². The number of amides is 2. The zero-order valence-corrected chi connectivity index (χ0v) is 25.3. The topological polar surface area (TPSA) is 86.8 Å².